The minimum absolute atomic E-state index is 0.0837. The summed E-state index contributed by atoms with van der Waals surface area (Å²) < 4.78 is 33.1. The molecule has 1 saturated carbocycles. The van der Waals surface area contributed by atoms with E-state index < -0.39 is 10.0 Å². The highest BCUT2D eigenvalue weighted by Crippen LogP contribution is 2.36. The van der Waals surface area contributed by atoms with Crippen molar-refractivity contribution in [3.63, 3.8) is 0 Å². The predicted octanol–water partition coefficient (Wildman–Crippen LogP) is 2.70. The molecule has 27 heavy (non-hydrogen) atoms. The third kappa shape index (κ3) is 4.03. The normalized spacial score (nSPS) is 22.6. The fourth-order valence-electron chi connectivity index (χ4n) is 3.77. The molecule has 1 aliphatic carbocycles. The Morgan fingerprint density at radius 2 is 1.85 bits per heavy atom. The molecule has 1 aliphatic heterocycles. The molecule has 0 spiro atoms. The van der Waals surface area contributed by atoms with E-state index in [1.54, 1.807) is 0 Å². The number of ether oxygens (including phenoxy) is 1. The highest BCUT2D eigenvalue weighted by atomic mass is 32.2. The first-order chi connectivity index (χ1) is 13.0. The molecule has 1 fully saturated rings. The Hall–Kier alpha value is -1.89. The molecule has 2 atom stereocenters. The summed E-state index contributed by atoms with van der Waals surface area (Å²) in [7, 11) is -3.22. The Bertz CT molecular complexity index is 895. The second-order valence-corrected chi connectivity index (χ2v) is 9.61. The first-order valence-electron chi connectivity index (χ1n) is 9.56. The SMILES string of the molecule is N[C@@H]1COc2ccc(CNS(=O)(=O)C3CCC3)cc2[C@@H]1Cc1ccccc1. The highest BCUT2D eigenvalue weighted by molar-refractivity contribution is 7.90. The molecule has 1 heterocycles. The zero-order valence-corrected chi connectivity index (χ0v) is 16.1. The number of hydrogen-bond donors (Lipinski definition) is 2. The summed E-state index contributed by atoms with van der Waals surface area (Å²) >= 11 is 0. The van der Waals surface area contributed by atoms with Crippen LogP contribution in [0, 0.1) is 0 Å². The molecule has 0 saturated heterocycles. The van der Waals surface area contributed by atoms with Crippen molar-refractivity contribution in [2.45, 2.75) is 49.4 Å². The number of benzene rings is 2. The fourth-order valence-corrected chi connectivity index (χ4v) is 5.33. The van der Waals surface area contributed by atoms with Crippen molar-refractivity contribution in [3.8, 4) is 5.75 Å². The fraction of sp³-hybridized carbons (Fsp3) is 0.429. The Balaban J connectivity index is 1.53. The van der Waals surface area contributed by atoms with Crippen molar-refractivity contribution < 1.29 is 13.2 Å². The first kappa shape index (κ1) is 18.5. The summed E-state index contributed by atoms with van der Waals surface area (Å²) in [6.07, 6.45) is 3.37. The Labute approximate surface area is 161 Å². The smallest absolute Gasteiger partial charge is 0.214 e. The lowest BCUT2D eigenvalue weighted by Crippen LogP contribution is -2.39. The van der Waals surface area contributed by atoms with E-state index >= 15 is 0 Å². The van der Waals surface area contributed by atoms with Crippen molar-refractivity contribution in [1.82, 2.24) is 4.72 Å². The van der Waals surface area contributed by atoms with Crippen LogP contribution in [0.25, 0.3) is 0 Å². The van der Waals surface area contributed by atoms with Crippen LogP contribution < -0.4 is 15.2 Å². The third-order valence-corrected chi connectivity index (χ3v) is 7.58. The standard InChI is InChI=1S/C21H26N2O3S/c22-20-14-26-21-10-9-16(13-23-27(24,25)17-7-4-8-17)12-19(21)18(20)11-15-5-2-1-3-6-15/h1-3,5-6,9-10,12,17-18,20,23H,4,7-8,11,13-14,22H2/t18-,20+/m0/s1. The maximum absolute atomic E-state index is 12.3. The van der Waals surface area contributed by atoms with Gasteiger partial charge in [0.2, 0.25) is 10.0 Å². The maximum atomic E-state index is 12.3. The topological polar surface area (TPSA) is 81.4 Å². The molecular formula is C21H26N2O3S. The summed E-state index contributed by atoms with van der Waals surface area (Å²) in [5, 5.41) is -0.224. The number of nitrogens with two attached hydrogens (primary N) is 1. The van der Waals surface area contributed by atoms with Crippen LogP contribution in [0.3, 0.4) is 0 Å². The van der Waals surface area contributed by atoms with E-state index in [0.717, 1.165) is 42.6 Å². The second kappa shape index (κ2) is 7.62. The van der Waals surface area contributed by atoms with Gasteiger partial charge >= 0.3 is 0 Å². The quantitative estimate of drug-likeness (QED) is 0.800. The predicted molar refractivity (Wildman–Crippen MR) is 106 cm³/mol. The summed E-state index contributed by atoms with van der Waals surface area (Å²) in [6.45, 7) is 0.803. The molecule has 2 aliphatic rings. The largest absolute Gasteiger partial charge is 0.492 e. The first-order valence-corrected chi connectivity index (χ1v) is 11.1. The number of rotatable bonds is 6. The molecule has 5 nitrogen and oxygen atoms in total. The minimum Gasteiger partial charge on any atom is -0.492 e. The lowest BCUT2D eigenvalue weighted by Gasteiger charge is -2.32. The molecule has 0 amide bonds. The second-order valence-electron chi connectivity index (χ2n) is 7.56. The van der Waals surface area contributed by atoms with Crippen molar-refractivity contribution in [3.05, 3.63) is 65.2 Å². The molecule has 144 valence electrons. The van der Waals surface area contributed by atoms with Gasteiger partial charge in [-0.1, -0.05) is 48.9 Å². The van der Waals surface area contributed by atoms with Gasteiger partial charge < -0.3 is 10.5 Å². The number of nitrogens with one attached hydrogen (secondary N) is 1. The Kier molecular flexibility index (Phi) is 5.21. The number of hydrogen-bond acceptors (Lipinski definition) is 4. The molecule has 3 N–H and O–H groups in total. The van der Waals surface area contributed by atoms with Gasteiger partial charge in [0.25, 0.3) is 0 Å². The van der Waals surface area contributed by atoms with E-state index in [1.165, 1.54) is 5.56 Å². The van der Waals surface area contributed by atoms with Crippen LogP contribution >= 0.6 is 0 Å². The lowest BCUT2D eigenvalue weighted by atomic mass is 9.84. The van der Waals surface area contributed by atoms with Crippen molar-refractivity contribution >= 4 is 10.0 Å². The van der Waals surface area contributed by atoms with Crippen LogP contribution in [0.5, 0.6) is 5.75 Å². The molecule has 4 rings (SSSR count). The summed E-state index contributed by atoms with van der Waals surface area (Å²) in [6, 6.07) is 16.1. The van der Waals surface area contributed by atoms with Crippen LogP contribution in [-0.2, 0) is 23.0 Å². The van der Waals surface area contributed by atoms with E-state index in [9.17, 15) is 8.42 Å². The van der Waals surface area contributed by atoms with E-state index in [1.807, 2.05) is 36.4 Å². The van der Waals surface area contributed by atoms with Crippen LogP contribution in [0.1, 0.15) is 41.9 Å². The van der Waals surface area contributed by atoms with Crippen LogP contribution in [0.4, 0.5) is 0 Å². The highest BCUT2D eigenvalue weighted by Gasteiger charge is 2.31. The van der Waals surface area contributed by atoms with Gasteiger partial charge in [-0.15, -0.1) is 0 Å². The number of sulfonamides is 1. The summed E-state index contributed by atoms with van der Waals surface area (Å²) in [5.74, 6) is 1.00. The van der Waals surface area contributed by atoms with Gasteiger partial charge in [-0.3, -0.25) is 0 Å². The summed E-state index contributed by atoms with van der Waals surface area (Å²) in [5.41, 5.74) is 9.61. The van der Waals surface area contributed by atoms with Gasteiger partial charge in [0.15, 0.2) is 0 Å². The van der Waals surface area contributed by atoms with Gasteiger partial charge in [0, 0.05) is 18.5 Å². The van der Waals surface area contributed by atoms with Crippen LogP contribution in [0.15, 0.2) is 48.5 Å². The van der Waals surface area contributed by atoms with E-state index in [2.05, 4.69) is 16.9 Å². The molecule has 2 aromatic carbocycles. The molecule has 0 radical (unpaired) electrons. The zero-order valence-electron chi connectivity index (χ0n) is 15.3. The molecular weight excluding hydrogens is 360 g/mol. The maximum Gasteiger partial charge on any atom is 0.214 e. The van der Waals surface area contributed by atoms with Crippen molar-refractivity contribution in [2.24, 2.45) is 5.73 Å². The third-order valence-electron chi connectivity index (χ3n) is 5.69. The average Bonchev–Trinajstić information content (AvgIpc) is 2.61. The molecule has 0 aromatic heterocycles. The van der Waals surface area contributed by atoms with Crippen molar-refractivity contribution in [1.29, 1.82) is 0 Å². The molecule has 6 heteroatoms. The van der Waals surface area contributed by atoms with Gasteiger partial charge in [0.1, 0.15) is 12.4 Å². The van der Waals surface area contributed by atoms with E-state index in [4.69, 9.17) is 10.5 Å². The van der Waals surface area contributed by atoms with Gasteiger partial charge in [-0.2, -0.15) is 0 Å². The lowest BCUT2D eigenvalue weighted by molar-refractivity contribution is 0.238. The zero-order chi connectivity index (χ0) is 18.9. The average molecular weight is 387 g/mol. The molecule has 2 aromatic rings. The number of fused-ring (bicyclic) bond motifs is 1. The van der Waals surface area contributed by atoms with Crippen LogP contribution in [0.2, 0.25) is 0 Å². The van der Waals surface area contributed by atoms with E-state index in [-0.39, 0.29) is 17.2 Å². The Morgan fingerprint density at radius 3 is 2.56 bits per heavy atom. The van der Waals surface area contributed by atoms with E-state index in [0.29, 0.717) is 13.2 Å². The van der Waals surface area contributed by atoms with Gasteiger partial charge in [-0.25, -0.2) is 13.1 Å². The van der Waals surface area contributed by atoms with Gasteiger partial charge in [-0.05, 0) is 42.0 Å². The van der Waals surface area contributed by atoms with Crippen molar-refractivity contribution in [2.75, 3.05) is 6.61 Å². The minimum atomic E-state index is -3.22. The molecule has 0 unspecified atom stereocenters. The van der Waals surface area contributed by atoms with Crippen LogP contribution in [-0.4, -0.2) is 26.3 Å². The Morgan fingerprint density at radius 1 is 1.07 bits per heavy atom. The summed E-state index contributed by atoms with van der Waals surface area (Å²) in [4.78, 5) is 0. The molecule has 0 bridgehead atoms. The monoisotopic (exact) mass is 386 g/mol. The van der Waals surface area contributed by atoms with Gasteiger partial charge in [0.05, 0.1) is 5.25 Å².